The number of hydrogen-bond donors (Lipinski definition) is 1. The summed E-state index contributed by atoms with van der Waals surface area (Å²) in [6, 6.07) is 19.9. The quantitative estimate of drug-likeness (QED) is 0.314. The van der Waals surface area contributed by atoms with E-state index in [0.29, 0.717) is 27.7 Å². The minimum atomic E-state index is -0.550. The Morgan fingerprint density at radius 2 is 1.65 bits per heavy atom. The van der Waals surface area contributed by atoms with Crippen molar-refractivity contribution >= 4 is 39.8 Å². The van der Waals surface area contributed by atoms with E-state index in [9.17, 15) is 19.7 Å². The van der Waals surface area contributed by atoms with Gasteiger partial charge in [-0.05, 0) is 30.3 Å². The van der Waals surface area contributed by atoms with Crippen LogP contribution in [0.3, 0.4) is 0 Å². The zero-order valence-electron chi connectivity index (χ0n) is 16.0. The maximum atomic E-state index is 13.4. The fourth-order valence-corrected chi connectivity index (χ4v) is 3.70. The minimum Gasteiger partial charge on any atom is -0.321 e. The summed E-state index contributed by atoms with van der Waals surface area (Å²) >= 11 is 0. The van der Waals surface area contributed by atoms with Crippen LogP contribution < -0.4 is 10.9 Å². The fraction of sp³-hybridized carbons (Fsp3) is 0. The molecule has 4 aromatic rings. The molecule has 0 atom stereocenters. The van der Waals surface area contributed by atoms with Crippen LogP contribution in [-0.2, 0) is 4.79 Å². The zero-order chi connectivity index (χ0) is 21.5. The second-order valence-electron chi connectivity index (χ2n) is 6.93. The van der Waals surface area contributed by atoms with Crippen molar-refractivity contribution in [1.29, 1.82) is 0 Å². The predicted octanol–water partition coefficient (Wildman–Crippen LogP) is 3.79. The van der Waals surface area contributed by atoms with Gasteiger partial charge in [-0.2, -0.15) is 0 Å². The van der Waals surface area contributed by atoms with Gasteiger partial charge in [0.25, 0.3) is 17.2 Å². The van der Waals surface area contributed by atoms with Gasteiger partial charge in [0.1, 0.15) is 11.5 Å². The Bertz CT molecular complexity index is 1490. The Labute approximate surface area is 175 Å². The first-order valence-electron chi connectivity index (χ1n) is 9.42. The molecule has 1 aliphatic heterocycles. The van der Waals surface area contributed by atoms with Crippen molar-refractivity contribution in [2.45, 2.75) is 0 Å². The van der Waals surface area contributed by atoms with Gasteiger partial charge >= 0.3 is 0 Å². The highest BCUT2D eigenvalue weighted by Crippen LogP contribution is 2.33. The average Bonchev–Trinajstić information content (AvgIpc) is 3.09. The molecule has 1 amide bonds. The zero-order valence-corrected chi connectivity index (χ0v) is 16.0. The Kier molecular flexibility index (Phi) is 4.18. The van der Waals surface area contributed by atoms with Gasteiger partial charge in [-0.25, -0.2) is 4.98 Å². The monoisotopic (exact) mass is 410 g/mol. The number of benzene rings is 3. The molecule has 8 heteroatoms. The molecule has 0 spiro atoms. The second kappa shape index (κ2) is 7.03. The lowest BCUT2D eigenvalue weighted by atomic mass is 10.1. The van der Waals surface area contributed by atoms with E-state index in [2.05, 4.69) is 10.3 Å². The van der Waals surface area contributed by atoms with Crippen LogP contribution in [0.25, 0.3) is 28.2 Å². The Morgan fingerprint density at radius 1 is 0.935 bits per heavy atom. The topological polar surface area (TPSA) is 107 Å². The number of nitrogens with one attached hydrogen (secondary N) is 1. The lowest BCUT2D eigenvalue weighted by molar-refractivity contribution is -0.384. The summed E-state index contributed by atoms with van der Waals surface area (Å²) < 4.78 is 1.18. The molecule has 0 bridgehead atoms. The van der Waals surface area contributed by atoms with Crippen LogP contribution in [0.4, 0.5) is 11.4 Å². The standard InChI is InChI=1S/C23H14N4O4/c28-22-16(14-7-1-3-9-17(14)25-22)13-21-24-18-10-4-2-8-15(18)23(29)26(21)19-11-5-6-12-20(19)27(30)31/h1-13H,(H,25,28)/b16-13-. The van der Waals surface area contributed by atoms with Gasteiger partial charge in [-0.1, -0.05) is 42.5 Å². The summed E-state index contributed by atoms with van der Waals surface area (Å²) in [7, 11) is 0. The molecule has 1 aromatic heterocycles. The number of carbonyl (C=O) groups excluding carboxylic acids is 1. The third-order valence-electron chi connectivity index (χ3n) is 5.10. The third kappa shape index (κ3) is 2.98. The van der Waals surface area contributed by atoms with Gasteiger partial charge in [-0.15, -0.1) is 0 Å². The lowest BCUT2D eigenvalue weighted by Crippen LogP contribution is -2.23. The number of para-hydroxylation sites is 4. The molecule has 0 saturated carbocycles. The molecule has 3 aromatic carbocycles. The van der Waals surface area contributed by atoms with Crippen molar-refractivity contribution in [2.24, 2.45) is 0 Å². The number of carbonyl (C=O) groups is 1. The molecule has 0 fully saturated rings. The van der Waals surface area contributed by atoms with E-state index in [1.165, 1.54) is 28.8 Å². The van der Waals surface area contributed by atoms with Gasteiger partial charge in [0.2, 0.25) is 0 Å². The average molecular weight is 410 g/mol. The Balaban J connectivity index is 1.86. The van der Waals surface area contributed by atoms with Crippen molar-refractivity contribution in [2.75, 3.05) is 5.32 Å². The van der Waals surface area contributed by atoms with E-state index >= 15 is 0 Å². The predicted molar refractivity (Wildman–Crippen MR) is 117 cm³/mol. The molecule has 1 aliphatic rings. The minimum absolute atomic E-state index is 0.0780. The summed E-state index contributed by atoms with van der Waals surface area (Å²) in [6.07, 6.45) is 1.49. The largest absolute Gasteiger partial charge is 0.321 e. The van der Waals surface area contributed by atoms with Gasteiger partial charge in [0.15, 0.2) is 0 Å². The Hall–Kier alpha value is -4.59. The SMILES string of the molecule is O=C1Nc2ccccc2/C1=C/c1nc2ccccc2c(=O)n1-c1ccccc1[N+](=O)[O-]. The van der Waals surface area contributed by atoms with Crippen molar-refractivity contribution in [3.8, 4) is 5.69 Å². The molecule has 0 aliphatic carbocycles. The van der Waals surface area contributed by atoms with Crippen LogP contribution in [0.5, 0.6) is 0 Å². The number of aromatic nitrogens is 2. The highest BCUT2D eigenvalue weighted by molar-refractivity contribution is 6.34. The first kappa shape index (κ1) is 18.4. The van der Waals surface area contributed by atoms with E-state index in [0.717, 1.165) is 0 Å². The third-order valence-corrected chi connectivity index (χ3v) is 5.10. The number of fused-ring (bicyclic) bond motifs is 2. The highest BCUT2D eigenvalue weighted by atomic mass is 16.6. The van der Waals surface area contributed by atoms with Crippen molar-refractivity contribution in [3.05, 3.63) is 105 Å². The van der Waals surface area contributed by atoms with Crippen molar-refractivity contribution < 1.29 is 9.72 Å². The van der Waals surface area contributed by atoms with E-state index in [-0.39, 0.29) is 23.1 Å². The summed E-state index contributed by atoms with van der Waals surface area (Å²) in [5.74, 6) is -0.211. The second-order valence-corrected chi connectivity index (χ2v) is 6.93. The molecule has 1 N–H and O–H groups in total. The summed E-state index contributed by atoms with van der Waals surface area (Å²) in [6.45, 7) is 0. The van der Waals surface area contributed by atoms with Crippen LogP contribution in [-0.4, -0.2) is 20.4 Å². The molecule has 8 nitrogen and oxygen atoms in total. The first-order chi connectivity index (χ1) is 15.0. The van der Waals surface area contributed by atoms with E-state index in [1.54, 1.807) is 54.6 Å². The van der Waals surface area contributed by atoms with Gasteiger partial charge in [0, 0.05) is 17.3 Å². The van der Waals surface area contributed by atoms with Crippen LogP contribution in [0, 0.1) is 10.1 Å². The number of nitrogens with zero attached hydrogens (tertiary/aromatic N) is 3. The number of nitro benzene ring substituents is 1. The molecular formula is C23H14N4O4. The number of rotatable bonds is 3. The van der Waals surface area contributed by atoms with Crippen molar-refractivity contribution in [1.82, 2.24) is 9.55 Å². The van der Waals surface area contributed by atoms with E-state index in [1.807, 2.05) is 0 Å². The van der Waals surface area contributed by atoms with Gasteiger partial charge in [0.05, 0.1) is 21.4 Å². The molecule has 31 heavy (non-hydrogen) atoms. The Morgan fingerprint density at radius 3 is 2.48 bits per heavy atom. The molecule has 5 rings (SSSR count). The van der Waals surface area contributed by atoms with Crippen molar-refractivity contribution in [3.63, 3.8) is 0 Å². The maximum Gasteiger partial charge on any atom is 0.293 e. The fourth-order valence-electron chi connectivity index (χ4n) is 3.70. The van der Waals surface area contributed by atoms with Gasteiger partial charge in [-0.3, -0.25) is 24.3 Å². The van der Waals surface area contributed by atoms with Gasteiger partial charge < -0.3 is 5.32 Å². The normalized spacial score (nSPS) is 13.9. The van der Waals surface area contributed by atoms with E-state index in [4.69, 9.17) is 0 Å². The molecule has 0 radical (unpaired) electrons. The van der Waals surface area contributed by atoms with Crippen LogP contribution in [0.15, 0.2) is 77.6 Å². The molecule has 2 heterocycles. The molecule has 0 unspecified atom stereocenters. The number of amides is 1. The summed E-state index contributed by atoms with van der Waals surface area (Å²) in [5, 5.41) is 14.7. The molecule has 0 saturated heterocycles. The molecule has 150 valence electrons. The number of nitro groups is 1. The first-order valence-corrected chi connectivity index (χ1v) is 9.42. The maximum absolute atomic E-state index is 13.4. The van der Waals surface area contributed by atoms with Crippen LogP contribution >= 0.6 is 0 Å². The van der Waals surface area contributed by atoms with E-state index < -0.39 is 10.5 Å². The number of anilines is 1. The summed E-state index contributed by atoms with van der Waals surface area (Å²) in [4.78, 5) is 41.6. The summed E-state index contributed by atoms with van der Waals surface area (Å²) in [5.41, 5.74) is 1.46. The lowest BCUT2D eigenvalue weighted by Gasteiger charge is -2.12. The number of hydrogen-bond acceptors (Lipinski definition) is 5. The molecular weight excluding hydrogens is 396 g/mol. The smallest absolute Gasteiger partial charge is 0.293 e. The highest BCUT2D eigenvalue weighted by Gasteiger charge is 2.26. The van der Waals surface area contributed by atoms with Crippen LogP contribution in [0.1, 0.15) is 11.4 Å². The van der Waals surface area contributed by atoms with Crippen LogP contribution in [0.2, 0.25) is 0 Å².